The molecule has 4 nitrogen and oxygen atoms in total. The molecule has 0 fully saturated rings. The van der Waals surface area contributed by atoms with E-state index in [9.17, 15) is 4.79 Å². The third-order valence-corrected chi connectivity index (χ3v) is 4.20. The topological polar surface area (TPSA) is 34.5 Å². The van der Waals surface area contributed by atoms with Gasteiger partial charge >= 0.3 is 5.97 Å². The van der Waals surface area contributed by atoms with Crippen LogP contribution in [-0.4, -0.2) is 35.6 Å². The van der Waals surface area contributed by atoms with Gasteiger partial charge in [-0.3, -0.25) is 4.79 Å². The normalized spacial score (nSPS) is 15.1. The monoisotopic (exact) mass is 286 g/mol. The summed E-state index contributed by atoms with van der Waals surface area (Å²) >= 11 is 0. The molecule has 2 heterocycles. The van der Waals surface area contributed by atoms with Gasteiger partial charge in [-0.2, -0.15) is 0 Å². The van der Waals surface area contributed by atoms with E-state index in [1.54, 1.807) is 0 Å². The molecule has 21 heavy (non-hydrogen) atoms. The van der Waals surface area contributed by atoms with E-state index in [4.69, 9.17) is 4.74 Å². The maximum absolute atomic E-state index is 11.7. The fraction of sp³-hybridized carbons (Fsp3) is 0.471. The number of ether oxygens (including phenoxy) is 1. The molecule has 3 rings (SSSR count). The van der Waals surface area contributed by atoms with Gasteiger partial charge in [0.2, 0.25) is 0 Å². The third-order valence-electron chi connectivity index (χ3n) is 4.20. The van der Waals surface area contributed by atoms with Gasteiger partial charge in [0, 0.05) is 42.7 Å². The lowest BCUT2D eigenvalue weighted by molar-refractivity contribution is -0.143. The van der Waals surface area contributed by atoms with Crippen molar-refractivity contribution in [2.24, 2.45) is 0 Å². The summed E-state index contributed by atoms with van der Waals surface area (Å²) in [5.41, 5.74) is 4.05. The second kappa shape index (κ2) is 5.90. The number of aromatic nitrogens is 1. The number of benzene rings is 1. The Morgan fingerprint density at radius 2 is 2.14 bits per heavy atom. The smallest absolute Gasteiger partial charge is 0.307 e. The molecule has 1 aliphatic rings. The SMILES string of the molecule is CCOC(=O)CCn1c2c(c3ccccc31)CN(C)CC2. The molecule has 0 amide bonds. The number of carbonyl (C=O) groups is 1. The van der Waals surface area contributed by atoms with Gasteiger partial charge in [0.25, 0.3) is 0 Å². The van der Waals surface area contributed by atoms with Gasteiger partial charge in [-0.25, -0.2) is 0 Å². The number of likely N-dealkylation sites (N-methyl/N-ethyl adjacent to an activating group) is 1. The first-order valence-corrected chi connectivity index (χ1v) is 7.64. The van der Waals surface area contributed by atoms with Crippen molar-refractivity contribution in [3.8, 4) is 0 Å². The number of fused-ring (bicyclic) bond motifs is 3. The number of aryl methyl sites for hydroxylation is 1. The molecule has 0 aliphatic carbocycles. The van der Waals surface area contributed by atoms with Crippen molar-refractivity contribution in [1.82, 2.24) is 9.47 Å². The average Bonchev–Trinajstić information content (AvgIpc) is 2.79. The van der Waals surface area contributed by atoms with E-state index in [0.29, 0.717) is 19.6 Å². The van der Waals surface area contributed by atoms with Crippen LogP contribution in [0.3, 0.4) is 0 Å². The molecule has 1 aromatic heterocycles. The highest BCUT2D eigenvalue weighted by molar-refractivity contribution is 5.86. The highest BCUT2D eigenvalue weighted by Gasteiger charge is 2.22. The minimum atomic E-state index is -0.114. The Morgan fingerprint density at radius 1 is 1.33 bits per heavy atom. The van der Waals surface area contributed by atoms with Crippen molar-refractivity contribution in [2.75, 3.05) is 20.2 Å². The fourth-order valence-electron chi connectivity index (χ4n) is 3.23. The van der Waals surface area contributed by atoms with Crippen LogP contribution in [0.1, 0.15) is 24.6 Å². The summed E-state index contributed by atoms with van der Waals surface area (Å²) in [5, 5.41) is 1.32. The van der Waals surface area contributed by atoms with Crippen molar-refractivity contribution in [3.05, 3.63) is 35.5 Å². The number of hydrogen-bond donors (Lipinski definition) is 0. The third kappa shape index (κ3) is 2.68. The summed E-state index contributed by atoms with van der Waals surface area (Å²) in [4.78, 5) is 14.0. The summed E-state index contributed by atoms with van der Waals surface area (Å²) in [6, 6.07) is 8.50. The maximum Gasteiger partial charge on any atom is 0.307 e. The zero-order valence-corrected chi connectivity index (χ0v) is 12.8. The molecule has 0 N–H and O–H groups in total. The van der Waals surface area contributed by atoms with Crippen LogP contribution in [0.25, 0.3) is 10.9 Å². The number of hydrogen-bond acceptors (Lipinski definition) is 3. The summed E-state index contributed by atoms with van der Waals surface area (Å²) < 4.78 is 7.37. The van der Waals surface area contributed by atoms with Crippen LogP contribution < -0.4 is 0 Å². The maximum atomic E-state index is 11.7. The van der Waals surface area contributed by atoms with Crippen molar-refractivity contribution in [2.45, 2.75) is 32.9 Å². The molecule has 0 saturated heterocycles. The number of para-hydroxylation sites is 1. The van der Waals surface area contributed by atoms with Gasteiger partial charge in [0.1, 0.15) is 0 Å². The minimum absolute atomic E-state index is 0.114. The lowest BCUT2D eigenvalue weighted by Crippen LogP contribution is -2.27. The number of nitrogens with zero attached hydrogens (tertiary/aromatic N) is 2. The Labute approximate surface area is 125 Å². The van der Waals surface area contributed by atoms with Gasteiger partial charge in [-0.1, -0.05) is 18.2 Å². The van der Waals surface area contributed by atoms with Crippen molar-refractivity contribution in [1.29, 1.82) is 0 Å². The summed E-state index contributed by atoms with van der Waals surface area (Å²) in [7, 11) is 2.16. The molecule has 0 unspecified atom stereocenters. The molecule has 4 heteroatoms. The summed E-state index contributed by atoms with van der Waals surface area (Å²) in [5.74, 6) is -0.114. The highest BCUT2D eigenvalue weighted by atomic mass is 16.5. The Kier molecular flexibility index (Phi) is 3.97. The second-order valence-electron chi connectivity index (χ2n) is 5.64. The first kappa shape index (κ1) is 14.1. The first-order valence-electron chi connectivity index (χ1n) is 7.64. The summed E-state index contributed by atoms with van der Waals surface area (Å²) in [6.45, 7) is 5.07. The van der Waals surface area contributed by atoms with Crippen molar-refractivity contribution >= 4 is 16.9 Å². The van der Waals surface area contributed by atoms with E-state index in [1.807, 2.05) is 6.92 Å². The van der Waals surface area contributed by atoms with Crippen molar-refractivity contribution < 1.29 is 9.53 Å². The van der Waals surface area contributed by atoms with Crippen LogP contribution in [0.15, 0.2) is 24.3 Å². The van der Waals surface area contributed by atoms with Crippen molar-refractivity contribution in [3.63, 3.8) is 0 Å². The molecule has 112 valence electrons. The standard InChI is InChI=1S/C17H22N2O2/c1-3-21-17(20)9-11-19-15-7-5-4-6-13(15)14-12-18(2)10-8-16(14)19/h4-7H,3,8-12H2,1-2H3. The molecule has 1 aromatic carbocycles. The van der Waals surface area contributed by atoms with Gasteiger partial charge < -0.3 is 14.2 Å². The number of rotatable bonds is 4. The molecule has 0 saturated carbocycles. The summed E-state index contributed by atoms with van der Waals surface area (Å²) in [6.07, 6.45) is 1.48. The molecule has 0 radical (unpaired) electrons. The Bertz CT molecular complexity index is 660. The first-order chi connectivity index (χ1) is 10.2. The van der Waals surface area contributed by atoms with Gasteiger partial charge in [0.05, 0.1) is 13.0 Å². The minimum Gasteiger partial charge on any atom is -0.466 e. The van der Waals surface area contributed by atoms with E-state index in [0.717, 1.165) is 19.5 Å². The van der Waals surface area contributed by atoms with Crippen LogP contribution in [0.4, 0.5) is 0 Å². The zero-order chi connectivity index (χ0) is 14.8. The van der Waals surface area contributed by atoms with Gasteiger partial charge in [-0.15, -0.1) is 0 Å². The van der Waals surface area contributed by atoms with E-state index < -0.39 is 0 Å². The highest BCUT2D eigenvalue weighted by Crippen LogP contribution is 2.30. The average molecular weight is 286 g/mol. The Morgan fingerprint density at radius 3 is 2.95 bits per heavy atom. The van der Waals surface area contributed by atoms with E-state index in [2.05, 4.69) is 40.8 Å². The predicted octanol–water partition coefficient (Wildman–Crippen LogP) is 2.58. The Hall–Kier alpha value is -1.81. The molecule has 0 spiro atoms. The molecule has 0 atom stereocenters. The Balaban J connectivity index is 1.96. The van der Waals surface area contributed by atoms with Crippen LogP contribution in [0.5, 0.6) is 0 Å². The fourth-order valence-corrected chi connectivity index (χ4v) is 3.23. The number of esters is 1. The lowest BCUT2D eigenvalue weighted by atomic mass is 10.1. The second-order valence-corrected chi connectivity index (χ2v) is 5.64. The van der Waals surface area contributed by atoms with Crippen LogP contribution in [0.2, 0.25) is 0 Å². The zero-order valence-electron chi connectivity index (χ0n) is 12.8. The predicted molar refractivity (Wildman–Crippen MR) is 83.2 cm³/mol. The molecule has 2 aromatic rings. The molecule has 0 bridgehead atoms. The van der Waals surface area contributed by atoms with Crippen LogP contribution >= 0.6 is 0 Å². The quantitative estimate of drug-likeness (QED) is 0.810. The molecular formula is C17H22N2O2. The lowest BCUT2D eigenvalue weighted by Gasteiger charge is -2.24. The van der Waals surface area contributed by atoms with E-state index in [1.165, 1.54) is 22.2 Å². The van der Waals surface area contributed by atoms with Gasteiger partial charge in [0.15, 0.2) is 0 Å². The largest absolute Gasteiger partial charge is 0.466 e. The van der Waals surface area contributed by atoms with Gasteiger partial charge in [-0.05, 0) is 25.6 Å². The van der Waals surface area contributed by atoms with Crippen LogP contribution in [-0.2, 0) is 29.0 Å². The van der Waals surface area contributed by atoms with E-state index >= 15 is 0 Å². The molecular weight excluding hydrogens is 264 g/mol. The number of carbonyl (C=O) groups excluding carboxylic acids is 1. The molecule has 1 aliphatic heterocycles. The van der Waals surface area contributed by atoms with Crippen LogP contribution in [0, 0.1) is 0 Å². The van der Waals surface area contributed by atoms with E-state index in [-0.39, 0.29) is 5.97 Å².